The molecule has 1 heterocycles. The maximum absolute atomic E-state index is 11.3. The van der Waals surface area contributed by atoms with Crippen LogP contribution in [0.25, 0.3) is 0 Å². The van der Waals surface area contributed by atoms with Gasteiger partial charge in [-0.05, 0) is 97.5 Å². The maximum Gasteiger partial charge on any atom is 0.192 e. The van der Waals surface area contributed by atoms with Gasteiger partial charge in [0, 0.05) is 17.6 Å². The van der Waals surface area contributed by atoms with Crippen LogP contribution in [0.1, 0.15) is 94.4 Å². The molecule has 36 heavy (non-hydrogen) atoms. The fourth-order valence-corrected chi connectivity index (χ4v) is 13.4. The third kappa shape index (κ3) is 4.66. The summed E-state index contributed by atoms with van der Waals surface area (Å²) in [5, 5.41) is 11.4. The standard InChI is InChI=1S/C30H58O4Si2/c1-12-36(13-2,14-3)34-24-16-20(4)15-23-22(24)17-25(33-35(10,11)28(5,6)7)26-29(23,8)18-21-19-30(26,9)27(31)32-21/h20-27,31H,12-19H2,1-11H3/t20-,21-,22+,23-,24-,25+,26+,27?,29+,30-/m1/s1. The van der Waals surface area contributed by atoms with Gasteiger partial charge in [-0.15, -0.1) is 0 Å². The predicted molar refractivity (Wildman–Crippen MR) is 154 cm³/mol. The Morgan fingerprint density at radius 1 is 0.889 bits per heavy atom. The largest absolute Gasteiger partial charge is 0.414 e. The van der Waals surface area contributed by atoms with Gasteiger partial charge in [-0.2, -0.15) is 0 Å². The molecular weight excluding hydrogens is 480 g/mol. The van der Waals surface area contributed by atoms with Gasteiger partial charge in [0.15, 0.2) is 22.9 Å². The minimum atomic E-state index is -2.00. The second-order valence-electron chi connectivity index (χ2n) is 15.4. The first-order valence-corrected chi connectivity index (χ1v) is 20.7. The molecule has 1 saturated heterocycles. The number of aliphatic hydroxyl groups is 1. The highest BCUT2D eigenvalue weighted by Crippen LogP contribution is 2.68. The molecule has 4 aliphatic rings. The van der Waals surface area contributed by atoms with Gasteiger partial charge in [0.25, 0.3) is 0 Å². The van der Waals surface area contributed by atoms with Crippen LogP contribution < -0.4 is 0 Å². The van der Waals surface area contributed by atoms with Crippen molar-refractivity contribution in [2.24, 2.45) is 34.5 Å². The molecule has 0 aromatic heterocycles. The van der Waals surface area contributed by atoms with Crippen molar-refractivity contribution in [1.29, 1.82) is 0 Å². The molecule has 1 aliphatic heterocycles. The highest BCUT2D eigenvalue weighted by atomic mass is 28.4. The molecule has 4 fully saturated rings. The van der Waals surface area contributed by atoms with Crippen LogP contribution in [0, 0.1) is 34.5 Å². The number of rotatable bonds is 7. The average molecular weight is 539 g/mol. The number of hydrogen-bond donors (Lipinski definition) is 1. The Kier molecular flexibility index (Phi) is 7.90. The predicted octanol–water partition coefficient (Wildman–Crippen LogP) is 7.97. The lowest BCUT2D eigenvalue weighted by Crippen LogP contribution is -2.65. The molecule has 1 N–H and O–H groups in total. The summed E-state index contributed by atoms with van der Waals surface area (Å²) in [5.74, 6) is 2.17. The van der Waals surface area contributed by atoms with Crippen LogP contribution in [0.5, 0.6) is 0 Å². The molecule has 0 amide bonds. The van der Waals surface area contributed by atoms with E-state index < -0.39 is 22.9 Å². The molecule has 0 radical (unpaired) electrons. The summed E-state index contributed by atoms with van der Waals surface area (Å²) in [6.07, 6.45) is 5.60. The third-order valence-corrected chi connectivity index (χ3v) is 21.4. The smallest absolute Gasteiger partial charge is 0.192 e. The first-order valence-electron chi connectivity index (χ1n) is 15.2. The van der Waals surface area contributed by atoms with Crippen molar-refractivity contribution in [2.45, 2.75) is 155 Å². The average Bonchev–Trinajstić information content (AvgIpc) is 3.00. The van der Waals surface area contributed by atoms with E-state index in [0.29, 0.717) is 29.8 Å². The van der Waals surface area contributed by atoms with Gasteiger partial charge in [0.1, 0.15) is 0 Å². The van der Waals surface area contributed by atoms with E-state index in [4.69, 9.17) is 13.6 Å². The van der Waals surface area contributed by atoms with E-state index in [9.17, 15) is 5.11 Å². The fraction of sp³-hybridized carbons (Fsp3) is 1.00. The van der Waals surface area contributed by atoms with Gasteiger partial charge in [-0.1, -0.05) is 62.3 Å². The molecule has 2 bridgehead atoms. The molecule has 1 unspecified atom stereocenters. The summed E-state index contributed by atoms with van der Waals surface area (Å²) < 4.78 is 21.0. The number of hydrogen-bond acceptors (Lipinski definition) is 4. The van der Waals surface area contributed by atoms with E-state index in [2.05, 4.69) is 75.4 Å². The van der Waals surface area contributed by atoms with Crippen molar-refractivity contribution < 1.29 is 18.7 Å². The normalized spacial score (nSPS) is 45.3. The molecule has 0 spiro atoms. The quantitative estimate of drug-likeness (QED) is 0.334. The Labute approximate surface area is 224 Å². The first kappa shape index (κ1) is 29.3. The van der Waals surface area contributed by atoms with Crippen molar-refractivity contribution >= 4 is 16.6 Å². The van der Waals surface area contributed by atoms with Crippen LogP contribution in [-0.4, -0.2) is 46.3 Å². The zero-order valence-corrected chi connectivity index (χ0v) is 27.4. The lowest BCUT2D eigenvalue weighted by Gasteiger charge is -2.65. The van der Waals surface area contributed by atoms with Gasteiger partial charge in [0.05, 0.1) is 6.10 Å². The minimum Gasteiger partial charge on any atom is -0.414 e. The van der Waals surface area contributed by atoms with Crippen LogP contribution in [0.4, 0.5) is 0 Å². The molecular formula is C30H58O4Si2. The monoisotopic (exact) mass is 538 g/mol. The van der Waals surface area contributed by atoms with Crippen molar-refractivity contribution in [2.75, 3.05) is 0 Å². The molecule has 0 aromatic rings. The Morgan fingerprint density at radius 3 is 2.03 bits per heavy atom. The second-order valence-corrected chi connectivity index (χ2v) is 24.9. The maximum atomic E-state index is 11.3. The molecule has 3 saturated carbocycles. The highest BCUT2D eigenvalue weighted by Gasteiger charge is 2.69. The summed E-state index contributed by atoms with van der Waals surface area (Å²) in [5.41, 5.74) is -0.127. The lowest BCUT2D eigenvalue weighted by atomic mass is 9.43. The van der Waals surface area contributed by atoms with Crippen molar-refractivity contribution in [3.63, 3.8) is 0 Å². The van der Waals surface area contributed by atoms with Crippen molar-refractivity contribution in [3.8, 4) is 0 Å². The molecule has 0 aromatic carbocycles. The van der Waals surface area contributed by atoms with Crippen LogP contribution in [0.3, 0.4) is 0 Å². The van der Waals surface area contributed by atoms with Crippen LogP contribution in [0.15, 0.2) is 0 Å². The zero-order valence-electron chi connectivity index (χ0n) is 25.4. The molecule has 10 atom stereocenters. The van der Waals surface area contributed by atoms with E-state index in [0.717, 1.165) is 19.3 Å². The first-order chi connectivity index (χ1) is 16.6. The zero-order chi connectivity index (χ0) is 26.9. The summed E-state index contributed by atoms with van der Waals surface area (Å²) in [6, 6.07) is 3.64. The Balaban J connectivity index is 1.77. The van der Waals surface area contributed by atoms with Gasteiger partial charge >= 0.3 is 0 Å². The highest BCUT2D eigenvalue weighted by molar-refractivity contribution is 6.74. The SMILES string of the molecule is CC[Si](CC)(CC)O[C@@H]1C[C@H](C)C[C@@H]2[C@@H]1C[C@H](O[Si](C)(C)C(C)(C)C)[C@H]1[C@@]2(C)C[C@@H]2C[C@@]1(C)C(O)O2. The summed E-state index contributed by atoms with van der Waals surface area (Å²) in [4.78, 5) is 0. The Morgan fingerprint density at radius 2 is 1.47 bits per heavy atom. The van der Waals surface area contributed by atoms with Gasteiger partial charge in [-0.25, -0.2) is 0 Å². The van der Waals surface area contributed by atoms with Crippen LogP contribution >= 0.6 is 0 Å². The van der Waals surface area contributed by atoms with E-state index in [1.807, 2.05) is 0 Å². The molecule has 4 rings (SSSR count). The van der Waals surface area contributed by atoms with Crippen molar-refractivity contribution in [3.05, 3.63) is 0 Å². The van der Waals surface area contributed by atoms with E-state index in [-0.39, 0.29) is 28.1 Å². The second kappa shape index (κ2) is 9.73. The van der Waals surface area contributed by atoms with Crippen LogP contribution in [0.2, 0.25) is 36.3 Å². The lowest BCUT2D eigenvalue weighted by molar-refractivity contribution is -0.202. The molecule has 6 heteroatoms. The topological polar surface area (TPSA) is 47.9 Å². The van der Waals surface area contributed by atoms with E-state index in [1.165, 1.54) is 31.0 Å². The number of aliphatic hydroxyl groups excluding tert-OH is 1. The summed E-state index contributed by atoms with van der Waals surface area (Å²) in [7, 11) is -3.71. The number of ether oxygens (including phenoxy) is 1. The Hall–Kier alpha value is 0.274. The summed E-state index contributed by atoms with van der Waals surface area (Å²) in [6.45, 7) is 26.3. The van der Waals surface area contributed by atoms with Crippen LogP contribution in [-0.2, 0) is 13.6 Å². The van der Waals surface area contributed by atoms with E-state index in [1.54, 1.807) is 0 Å². The summed E-state index contributed by atoms with van der Waals surface area (Å²) >= 11 is 0. The minimum absolute atomic E-state index is 0.107. The van der Waals surface area contributed by atoms with Crippen molar-refractivity contribution in [1.82, 2.24) is 0 Å². The third-order valence-electron chi connectivity index (χ3n) is 12.2. The Bertz CT molecular complexity index is 784. The van der Waals surface area contributed by atoms with Gasteiger partial charge < -0.3 is 18.7 Å². The molecule has 3 aliphatic carbocycles. The fourth-order valence-electron chi connectivity index (χ4n) is 9.12. The molecule has 4 nitrogen and oxygen atoms in total. The molecule has 210 valence electrons. The number of fused-ring (bicyclic) bond motifs is 6. The van der Waals surface area contributed by atoms with Gasteiger partial charge in [-0.3, -0.25) is 0 Å². The van der Waals surface area contributed by atoms with E-state index >= 15 is 0 Å². The van der Waals surface area contributed by atoms with Gasteiger partial charge in [0.2, 0.25) is 0 Å².